The molecule has 0 spiro atoms. The van der Waals surface area contributed by atoms with Crippen molar-refractivity contribution in [2.45, 2.75) is 13.8 Å². The summed E-state index contributed by atoms with van der Waals surface area (Å²) in [4.78, 5) is 4.33. The Hall–Kier alpha value is -1.51. The summed E-state index contributed by atoms with van der Waals surface area (Å²) in [5.74, 6) is 1.41. The van der Waals surface area contributed by atoms with Crippen molar-refractivity contribution in [2.24, 2.45) is 13.0 Å². The Morgan fingerprint density at radius 1 is 1.40 bits per heavy atom. The highest BCUT2D eigenvalue weighted by atomic mass is 16.5. The van der Waals surface area contributed by atoms with E-state index in [0.29, 0.717) is 5.92 Å². The smallest absolute Gasteiger partial charge is 0.147 e. The van der Waals surface area contributed by atoms with E-state index in [-0.39, 0.29) is 0 Å². The summed E-state index contributed by atoms with van der Waals surface area (Å²) in [7, 11) is 1.99. The number of imidazole rings is 1. The van der Waals surface area contributed by atoms with Crippen LogP contribution in [0.25, 0.3) is 11.0 Å². The van der Waals surface area contributed by atoms with E-state index < -0.39 is 0 Å². The van der Waals surface area contributed by atoms with Crippen LogP contribution in [0.5, 0.6) is 5.75 Å². The quantitative estimate of drug-likeness (QED) is 0.768. The van der Waals surface area contributed by atoms with Crippen LogP contribution in [0, 0.1) is 5.92 Å². The minimum absolute atomic E-state index is 0.531. The molecule has 2 rings (SSSR count). The van der Waals surface area contributed by atoms with Gasteiger partial charge in [-0.2, -0.15) is 0 Å². The first-order chi connectivity index (χ1) is 7.18. The number of fused-ring (bicyclic) bond motifs is 1. The summed E-state index contributed by atoms with van der Waals surface area (Å²) in [6.45, 7) is 5.01. The van der Waals surface area contributed by atoms with Gasteiger partial charge in [-0.1, -0.05) is 19.9 Å². The fraction of sp³-hybridized carbons (Fsp3) is 0.417. The maximum Gasteiger partial charge on any atom is 0.147 e. The predicted molar refractivity (Wildman–Crippen MR) is 61.0 cm³/mol. The Labute approximate surface area is 89.7 Å². The molecule has 0 saturated heterocycles. The molecule has 0 atom stereocenters. The van der Waals surface area contributed by atoms with E-state index in [1.54, 1.807) is 0 Å². The van der Waals surface area contributed by atoms with E-state index in [2.05, 4.69) is 18.8 Å². The number of aryl methyl sites for hydroxylation is 1. The van der Waals surface area contributed by atoms with E-state index in [1.165, 1.54) is 0 Å². The Morgan fingerprint density at radius 2 is 2.20 bits per heavy atom. The summed E-state index contributed by atoms with van der Waals surface area (Å²) >= 11 is 0. The van der Waals surface area contributed by atoms with Crippen molar-refractivity contribution in [1.29, 1.82) is 0 Å². The molecule has 0 N–H and O–H groups in total. The molecule has 0 bridgehead atoms. The number of hydrogen-bond donors (Lipinski definition) is 0. The van der Waals surface area contributed by atoms with E-state index >= 15 is 0 Å². The molecule has 0 aliphatic heterocycles. The second kappa shape index (κ2) is 3.93. The molecular weight excluding hydrogens is 188 g/mol. The van der Waals surface area contributed by atoms with Gasteiger partial charge in [-0.3, -0.25) is 0 Å². The molecule has 0 radical (unpaired) electrons. The van der Waals surface area contributed by atoms with Crippen LogP contribution in [-0.4, -0.2) is 16.2 Å². The van der Waals surface area contributed by atoms with Crippen LogP contribution in [0.3, 0.4) is 0 Å². The fourth-order valence-corrected chi connectivity index (χ4v) is 1.50. The van der Waals surface area contributed by atoms with Crippen molar-refractivity contribution in [3.8, 4) is 5.75 Å². The number of aromatic nitrogens is 2. The fourth-order valence-electron chi connectivity index (χ4n) is 1.50. The topological polar surface area (TPSA) is 27.1 Å². The van der Waals surface area contributed by atoms with Gasteiger partial charge in [0.05, 0.1) is 18.5 Å². The average molecular weight is 204 g/mol. The minimum Gasteiger partial charge on any atom is -0.491 e. The van der Waals surface area contributed by atoms with Gasteiger partial charge in [-0.15, -0.1) is 0 Å². The van der Waals surface area contributed by atoms with Gasteiger partial charge in [0, 0.05) is 7.05 Å². The van der Waals surface area contributed by atoms with Crippen LogP contribution >= 0.6 is 0 Å². The van der Waals surface area contributed by atoms with E-state index in [4.69, 9.17) is 4.74 Å². The number of hydrogen-bond acceptors (Lipinski definition) is 2. The second-order valence-corrected chi connectivity index (χ2v) is 4.18. The number of para-hydroxylation sites is 1. The van der Waals surface area contributed by atoms with Crippen LogP contribution in [0.1, 0.15) is 13.8 Å². The number of benzene rings is 1. The first-order valence-corrected chi connectivity index (χ1v) is 5.21. The SMILES string of the molecule is CC(C)COc1cccc2c1ncn2C. The van der Waals surface area contributed by atoms with Gasteiger partial charge < -0.3 is 9.30 Å². The predicted octanol–water partition coefficient (Wildman–Crippen LogP) is 2.61. The van der Waals surface area contributed by atoms with Crippen molar-refractivity contribution in [1.82, 2.24) is 9.55 Å². The van der Waals surface area contributed by atoms with Gasteiger partial charge in [0.1, 0.15) is 11.3 Å². The molecule has 0 aliphatic rings. The van der Waals surface area contributed by atoms with Crippen LogP contribution in [-0.2, 0) is 7.05 Å². The number of rotatable bonds is 3. The lowest BCUT2D eigenvalue weighted by Gasteiger charge is -2.08. The third-order valence-electron chi connectivity index (χ3n) is 2.29. The Kier molecular flexibility index (Phi) is 2.62. The highest BCUT2D eigenvalue weighted by molar-refractivity contribution is 5.81. The zero-order chi connectivity index (χ0) is 10.8. The number of ether oxygens (including phenoxy) is 1. The lowest BCUT2D eigenvalue weighted by Crippen LogP contribution is -2.04. The third-order valence-corrected chi connectivity index (χ3v) is 2.29. The van der Waals surface area contributed by atoms with E-state index in [0.717, 1.165) is 23.4 Å². The van der Waals surface area contributed by atoms with Gasteiger partial charge in [-0.25, -0.2) is 4.98 Å². The molecule has 80 valence electrons. The summed E-state index contributed by atoms with van der Waals surface area (Å²) < 4.78 is 7.72. The molecule has 0 aliphatic carbocycles. The molecule has 1 aromatic carbocycles. The highest BCUT2D eigenvalue weighted by Gasteiger charge is 2.06. The van der Waals surface area contributed by atoms with Crippen molar-refractivity contribution in [3.63, 3.8) is 0 Å². The lowest BCUT2D eigenvalue weighted by molar-refractivity contribution is 0.273. The van der Waals surface area contributed by atoms with E-state index in [9.17, 15) is 0 Å². The Morgan fingerprint density at radius 3 is 2.93 bits per heavy atom. The monoisotopic (exact) mass is 204 g/mol. The van der Waals surface area contributed by atoms with Crippen molar-refractivity contribution < 1.29 is 4.74 Å². The summed E-state index contributed by atoms with van der Waals surface area (Å²) in [5, 5.41) is 0. The molecule has 0 fully saturated rings. The van der Waals surface area contributed by atoms with E-state index in [1.807, 2.05) is 36.1 Å². The maximum absolute atomic E-state index is 5.72. The normalized spacial score (nSPS) is 11.2. The molecule has 1 aromatic heterocycles. The second-order valence-electron chi connectivity index (χ2n) is 4.18. The minimum atomic E-state index is 0.531. The molecule has 3 heteroatoms. The van der Waals surface area contributed by atoms with Crippen molar-refractivity contribution in [3.05, 3.63) is 24.5 Å². The van der Waals surface area contributed by atoms with Crippen LogP contribution in [0.2, 0.25) is 0 Å². The Balaban J connectivity index is 2.34. The lowest BCUT2D eigenvalue weighted by atomic mass is 10.2. The molecule has 15 heavy (non-hydrogen) atoms. The molecule has 3 nitrogen and oxygen atoms in total. The zero-order valence-electron chi connectivity index (χ0n) is 9.40. The largest absolute Gasteiger partial charge is 0.491 e. The van der Waals surface area contributed by atoms with Crippen molar-refractivity contribution >= 4 is 11.0 Å². The number of nitrogens with zero attached hydrogens (tertiary/aromatic N) is 2. The average Bonchev–Trinajstić information content (AvgIpc) is 2.58. The first kappa shape index (κ1) is 10.0. The van der Waals surface area contributed by atoms with Crippen LogP contribution < -0.4 is 4.74 Å². The first-order valence-electron chi connectivity index (χ1n) is 5.21. The zero-order valence-corrected chi connectivity index (χ0v) is 9.40. The van der Waals surface area contributed by atoms with Crippen LogP contribution in [0.15, 0.2) is 24.5 Å². The molecule has 0 amide bonds. The molecule has 1 heterocycles. The summed E-state index contributed by atoms with van der Waals surface area (Å²) in [6.07, 6.45) is 1.81. The van der Waals surface area contributed by atoms with Crippen LogP contribution in [0.4, 0.5) is 0 Å². The highest BCUT2D eigenvalue weighted by Crippen LogP contribution is 2.23. The van der Waals surface area contributed by atoms with Gasteiger partial charge in [-0.05, 0) is 18.1 Å². The van der Waals surface area contributed by atoms with Gasteiger partial charge in [0.25, 0.3) is 0 Å². The molecule has 0 saturated carbocycles. The maximum atomic E-state index is 5.72. The summed E-state index contributed by atoms with van der Waals surface area (Å²) in [6, 6.07) is 6.02. The van der Waals surface area contributed by atoms with Gasteiger partial charge in [0.2, 0.25) is 0 Å². The third kappa shape index (κ3) is 1.96. The van der Waals surface area contributed by atoms with Gasteiger partial charge in [0.15, 0.2) is 0 Å². The molecular formula is C12H16N2O. The molecule has 0 unspecified atom stereocenters. The summed E-state index contributed by atoms with van der Waals surface area (Å²) in [5.41, 5.74) is 2.05. The van der Waals surface area contributed by atoms with Crippen molar-refractivity contribution in [2.75, 3.05) is 6.61 Å². The standard InChI is InChI=1S/C12H16N2O/c1-9(2)7-15-11-6-4-5-10-12(11)13-8-14(10)3/h4-6,8-9H,7H2,1-3H3. The van der Waals surface area contributed by atoms with Gasteiger partial charge >= 0.3 is 0 Å². The molecule has 2 aromatic rings. The Bertz CT molecular complexity index is 460.